The van der Waals surface area contributed by atoms with Crippen LogP contribution >= 0.6 is 11.6 Å². The predicted octanol–water partition coefficient (Wildman–Crippen LogP) is 3.78. The van der Waals surface area contributed by atoms with Crippen molar-refractivity contribution < 1.29 is 0 Å². The van der Waals surface area contributed by atoms with Crippen LogP contribution in [-0.2, 0) is 6.54 Å². The largest absolute Gasteiger partial charge is 0.296 e. The van der Waals surface area contributed by atoms with Gasteiger partial charge in [0.1, 0.15) is 6.33 Å². The normalized spacial score (nSPS) is 19.4. The van der Waals surface area contributed by atoms with Crippen LogP contribution in [0.2, 0.25) is 5.02 Å². The lowest BCUT2D eigenvalue weighted by Gasteiger charge is -2.21. The summed E-state index contributed by atoms with van der Waals surface area (Å²) in [5, 5.41) is 0.824. The van der Waals surface area contributed by atoms with E-state index in [2.05, 4.69) is 33.9 Å². The molecule has 104 valence electrons. The van der Waals surface area contributed by atoms with Gasteiger partial charge >= 0.3 is 0 Å². The van der Waals surface area contributed by atoms with Gasteiger partial charge in [0.15, 0.2) is 0 Å². The van der Waals surface area contributed by atoms with Crippen LogP contribution in [0.4, 0.5) is 0 Å². The molecule has 0 spiro atoms. The lowest BCUT2D eigenvalue weighted by Crippen LogP contribution is -2.26. The predicted molar refractivity (Wildman–Crippen MR) is 81.6 cm³/mol. The first-order valence-corrected chi connectivity index (χ1v) is 7.39. The molecule has 0 saturated carbocycles. The topological polar surface area (TPSA) is 29.0 Å². The second-order valence-corrected chi connectivity index (χ2v) is 5.80. The highest BCUT2D eigenvalue weighted by Crippen LogP contribution is 2.27. The molecule has 0 bridgehead atoms. The van der Waals surface area contributed by atoms with Crippen LogP contribution in [0.3, 0.4) is 0 Å². The Kier molecular flexibility index (Phi) is 3.99. The van der Waals surface area contributed by atoms with E-state index >= 15 is 0 Å². The highest BCUT2D eigenvalue weighted by atomic mass is 35.5. The average Bonchev–Trinajstić information content (AvgIpc) is 2.87. The van der Waals surface area contributed by atoms with E-state index in [1.54, 1.807) is 12.4 Å². The van der Waals surface area contributed by atoms with Gasteiger partial charge in [-0.3, -0.25) is 4.90 Å². The molecule has 1 aliphatic heterocycles. The fourth-order valence-corrected chi connectivity index (χ4v) is 2.99. The summed E-state index contributed by atoms with van der Waals surface area (Å²) in [7, 11) is 0. The molecule has 0 aliphatic carbocycles. The van der Waals surface area contributed by atoms with Crippen LogP contribution in [0.1, 0.15) is 25.3 Å². The number of likely N-dealkylation sites (tertiary alicyclic amines) is 1. The van der Waals surface area contributed by atoms with E-state index in [4.69, 9.17) is 11.6 Å². The van der Waals surface area contributed by atoms with E-state index in [9.17, 15) is 0 Å². The number of halogens is 1. The van der Waals surface area contributed by atoms with E-state index in [0.29, 0.717) is 6.04 Å². The van der Waals surface area contributed by atoms with Crippen molar-refractivity contribution in [2.45, 2.75) is 32.4 Å². The van der Waals surface area contributed by atoms with Crippen molar-refractivity contribution >= 4 is 11.6 Å². The van der Waals surface area contributed by atoms with Crippen molar-refractivity contribution in [1.82, 2.24) is 14.9 Å². The lowest BCUT2D eigenvalue weighted by atomic mass is 10.1. The maximum atomic E-state index is 6.44. The Bertz CT molecular complexity index is 586. The second kappa shape index (κ2) is 5.90. The fraction of sp³-hybridized carbons (Fsp3) is 0.375. The minimum atomic E-state index is 0.660. The highest BCUT2D eigenvalue weighted by Gasteiger charge is 2.20. The second-order valence-electron chi connectivity index (χ2n) is 5.40. The van der Waals surface area contributed by atoms with Gasteiger partial charge < -0.3 is 0 Å². The van der Waals surface area contributed by atoms with Gasteiger partial charge in [0, 0.05) is 35.6 Å². The molecule has 1 aromatic heterocycles. The SMILES string of the molecule is C[C@@H]1CCCN1Cc1ccc(-c2cncnc2)cc1Cl. The molecule has 0 amide bonds. The molecule has 3 nitrogen and oxygen atoms in total. The molecule has 2 aromatic rings. The quantitative estimate of drug-likeness (QED) is 0.860. The van der Waals surface area contributed by atoms with E-state index in [-0.39, 0.29) is 0 Å². The zero-order valence-corrected chi connectivity index (χ0v) is 12.3. The van der Waals surface area contributed by atoms with Gasteiger partial charge in [0.25, 0.3) is 0 Å². The van der Waals surface area contributed by atoms with Crippen LogP contribution in [0, 0.1) is 0 Å². The van der Waals surface area contributed by atoms with Crippen LogP contribution in [0.15, 0.2) is 36.9 Å². The van der Waals surface area contributed by atoms with Crippen molar-refractivity contribution in [3.63, 3.8) is 0 Å². The standard InChI is InChI=1S/C16H18ClN3/c1-12-3-2-6-20(12)10-14-5-4-13(7-16(14)17)15-8-18-11-19-9-15/h4-5,7-9,11-12H,2-3,6,10H2,1H3/t12-/m1/s1. The summed E-state index contributed by atoms with van der Waals surface area (Å²) >= 11 is 6.44. The molecule has 4 heteroatoms. The Hall–Kier alpha value is -1.45. The zero-order valence-electron chi connectivity index (χ0n) is 11.6. The van der Waals surface area contributed by atoms with E-state index in [1.807, 2.05) is 6.07 Å². The number of hydrogen-bond acceptors (Lipinski definition) is 3. The number of aromatic nitrogens is 2. The first kappa shape index (κ1) is 13.5. The molecule has 20 heavy (non-hydrogen) atoms. The van der Waals surface area contributed by atoms with Crippen LogP contribution in [0.25, 0.3) is 11.1 Å². The Morgan fingerprint density at radius 3 is 2.70 bits per heavy atom. The molecule has 1 aromatic carbocycles. The summed E-state index contributed by atoms with van der Waals surface area (Å²) in [6, 6.07) is 6.89. The summed E-state index contributed by atoms with van der Waals surface area (Å²) in [4.78, 5) is 10.6. The monoisotopic (exact) mass is 287 g/mol. The van der Waals surface area contributed by atoms with Crippen molar-refractivity contribution in [3.8, 4) is 11.1 Å². The third-order valence-corrected chi connectivity index (χ3v) is 4.36. The number of benzene rings is 1. The Balaban J connectivity index is 1.81. The van der Waals surface area contributed by atoms with Crippen molar-refractivity contribution in [2.24, 2.45) is 0 Å². The molecule has 1 aliphatic rings. The van der Waals surface area contributed by atoms with E-state index in [0.717, 1.165) is 22.7 Å². The van der Waals surface area contributed by atoms with Crippen LogP contribution < -0.4 is 0 Å². The van der Waals surface area contributed by atoms with Crippen molar-refractivity contribution in [1.29, 1.82) is 0 Å². The van der Waals surface area contributed by atoms with Gasteiger partial charge in [-0.25, -0.2) is 9.97 Å². The Labute approximate surface area is 124 Å². The molecule has 0 N–H and O–H groups in total. The smallest absolute Gasteiger partial charge is 0.115 e. The molecule has 2 heterocycles. The van der Waals surface area contributed by atoms with Gasteiger partial charge in [0.2, 0.25) is 0 Å². The number of rotatable bonds is 3. The van der Waals surface area contributed by atoms with Crippen molar-refractivity contribution in [3.05, 3.63) is 47.5 Å². The molecule has 3 rings (SSSR count). The lowest BCUT2D eigenvalue weighted by molar-refractivity contribution is 0.260. The summed E-state index contributed by atoms with van der Waals surface area (Å²) in [6.07, 6.45) is 7.73. The van der Waals surface area contributed by atoms with Crippen LogP contribution in [-0.4, -0.2) is 27.5 Å². The zero-order chi connectivity index (χ0) is 13.9. The van der Waals surface area contributed by atoms with Gasteiger partial charge in [-0.05, 0) is 43.5 Å². The fourth-order valence-electron chi connectivity index (χ4n) is 2.75. The summed E-state index contributed by atoms with van der Waals surface area (Å²) in [6.45, 7) is 4.40. The summed E-state index contributed by atoms with van der Waals surface area (Å²) in [5.41, 5.74) is 3.25. The third kappa shape index (κ3) is 2.84. The average molecular weight is 288 g/mol. The molecule has 1 fully saturated rings. The maximum Gasteiger partial charge on any atom is 0.115 e. The molecular weight excluding hydrogens is 270 g/mol. The Morgan fingerprint density at radius 2 is 2.05 bits per heavy atom. The van der Waals surface area contributed by atoms with Crippen molar-refractivity contribution in [2.75, 3.05) is 6.54 Å². The Morgan fingerprint density at radius 1 is 1.25 bits per heavy atom. The van der Waals surface area contributed by atoms with Crippen LogP contribution in [0.5, 0.6) is 0 Å². The number of nitrogens with zero attached hydrogens (tertiary/aromatic N) is 3. The van der Waals surface area contributed by atoms with Gasteiger partial charge in [0.05, 0.1) is 0 Å². The molecule has 1 saturated heterocycles. The molecule has 1 atom stereocenters. The molecule has 0 radical (unpaired) electrons. The van der Waals surface area contributed by atoms with Gasteiger partial charge in [-0.2, -0.15) is 0 Å². The molecule has 0 unspecified atom stereocenters. The highest BCUT2D eigenvalue weighted by molar-refractivity contribution is 6.31. The van der Waals surface area contributed by atoms with Gasteiger partial charge in [-0.15, -0.1) is 0 Å². The minimum absolute atomic E-state index is 0.660. The van der Waals surface area contributed by atoms with E-state index in [1.165, 1.54) is 31.3 Å². The first-order valence-electron chi connectivity index (χ1n) is 7.02. The van der Waals surface area contributed by atoms with Gasteiger partial charge in [-0.1, -0.05) is 23.7 Å². The maximum absolute atomic E-state index is 6.44. The first-order chi connectivity index (χ1) is 9.74. The summed E-state index contributed by atoms with van der Waals surface area (Å²) < 4.78 is 0. The minimum Gasteiger partial charge on any atom is -0.296 e. The summed E-state index contributed by atoms with van der Waals surface area (Å²) in [5.74, 6) is 0. The number of hydrogen-bond donors (Lipinski definition) is 0. The molecular formula is C16H18ClN3. The van der Waals surface area contributed by atoms with E-state index < -0.39 is 0 Å². The third-order valence-electron chi connectivity index (χ3n) is 4.01.